The molecule has 33 heavy (non-hydrogen) atoms. The number of fused-ring (bicyclic) bond motifs is 2. The monoisotopic (exact) mass is 471 g/mol. The number of rotatable bonds is 3. The zero-order valence-corrected chi connectivity index (χ0v) is 16.8. The van der Waals surface area contributed by atoms with E-state index < -0.39 is 41.3 Å². The highest BCUT2D eigenvalue weighted by molar-refractivity contribution is 5.50. The van der Waals surface area contributed by atoms with Gasteiger partial charge in [-0.05, 0) is 61.6 Å². The largest absolute Gasteiger partial charge is 0.433 e. The molecule has 2 aliphatic rings. The fraction of sp³-hybridized carbons (Fsp3) is 0.381. The number of alkyl halides is 6. The van der Waals surface area contributed by atoms with E-state index in [2.05, 4.69) is 15.2 Å². The van der Waals surface area contributed by atoms with Gasteiger partial charge in [0.1, 0.15) is 23.7 Å². The molecular formula is C21H16F7N5. The molecule has 0 spiro atoms. The van der Waals surface area contributed by atoms with Gasteiger partial charge in [0.05, 0.1) is 11.6 Å². The van der Waals surface area contributed by atoms with Crippen LogP contribution in [0.4, 0.5) is 36.6 Å². The Morgan fingerprint density at radius 3 is 2.30 bits per heavy atom. The summed E-state index contributed by atoms with van der Waals surface area (Å²) in [6.07, 6.45) is -6.69. The Labute approximate surface area is 182 Å². The van der Waals surface area contributed by atoms with Gasteiger partial charge in [0.15, 0.2) is 5.82 Å². The van der Waals surface area contributed by atoms with E-state index >= 15 is 0 Å². The Morgan fingerprint density at radius 2 is 1.64 bits per heavy atom. The molecule has 2 bridgehead atoms. The van der Waals surface area contributed by atoms with Gasteiger partial charge in [-0.2, -0.15) is 26.3 Å². The van der Waals surface area contributed by atoms with E-state index in [1.54, 1.807) is 4.57 Å². The Hall–Kier alpha value is -3.18. The van der Waals surface area contributed by atoms with Gasteiger partial charge >= 0.3 is 12.4 Å². The number of halogens is 7. The molecule has 2 fully saturated rings. The summed E-state index contributed by atoms with van der Waals surface area (Å²) in [6, 6.07) is 5.22. The number of aromatic nitrogens is 4. The average Bonchev–Trinajstić information content (AvgIpc) is 3.48. The molecule has 3 aromatic rings. The molecule has 5 nitrogen and oxygen atoms in total. The van der Waals surface area contributed by atoms with Crippen molar-refractivity contribution in [1.29, 1.82) is 0 Å². The molecule has 0 radical (unpaired) electrons. The van der Waals surface area contributed by atoms with Crippen LogP contribution in [-0.4, -0.2) is 25.8 Å². The lowest BCUT2D eigenvalue weighted by Gasteiger charge is -2.36. The Kier molecular flexibility index (Phi) is 4.87. The minimum atomic E-state index is -5.04. The number of benzene rings is 1. The first-order valence-electron chi connectivity index (χ1n) is 10.1. The number of nitrogens with zero attached hydrogens (tertiary/aromatic N) is 5. The molecule has 0 amide bonds. The zero-order valence-electron chi connectivity index (χ0n) is 16.8. The van der Waals surface area contributed by atoms with E-state index in [1.165, 1.54) is 35.5 Å². The van der Waals surface area contributed by atoms with Crippen LogP contribution >= 0.6 is 0 Å². The Balaban J connectivity index is 1.63. The second-order valence-corrected chi connectivity index (χ2v) is 8.21. The highest BCUT2D eigenvalue weighted by Gasteiger charge is 2.50. The van der Waals surface area contributed by atoms with Crippen molar-refractivity contribution in [2.24, 2.45) is 5.92 Å². The van der Waals surface area contributed by atoms with Crippen LogP contribution in [0.3, 0.4) is 0 Å². The SMILES string of the molecule is Fc1ccc(-n2cnnc2[C@@H]2[C@H]3CC[C@H](C3)N2c2cc(C(F)(F)F)cc(C(F)(F)F)n2)cc1. The third-order valence-corrected chi connectivity index (χ3v) is 6.22. The fourth-order valence-corrected chi connectivity index (χ4v) is 4.85. The highest BCUT2D eigenvalue weighted by atomic mass is 19.4. The summed E-state index contributed by atoms with van der Waals surface area (Å²) in [7, 11) is 0. The molecular weight excluding hydrogens is 455 g/mol. The van der Waals surface area contributed by atoms with Crippen molar-refractivity contribution in [3.63, 3.8) is 0 Å². The van der Waals surface area contributed by atoms with Crippen LogP contribution in [0.25, 0.3) is 5.69 Å². The van der Waals surface area contributed by atoms with Gasteiger partial charge < -0.3 is 4.90 Å². The van der Waals surface area contributed by atoms with Gasteiger partial charge in [0, 0.05) is 11.7 Å². The maximum atomic E-state index is 13.4. The normalized spacial score (nSPS) is 22.9. The maximum absolute atomic E-state index is 13.4. The first-order chi connectivity index (χ1) is 15.5. The summed E-state index contributed by atoms with van der Waals surface area (Å²) in [4.78, 5) is 5.09. The Bertz CT molecular complexity index is 1140. The third kappa shape index (κ3) is 3.80. The van der Waals surface area contributed by atoms with Crippen LogP contribution in [0.1, 0.15) is 42.4 Å². The van der Waals surface area contributed by atoms with E-state index in [9.17, 15) is 30.7 Å². The van der Waals surface area contributed by atoms with Gasteiger partial charge in [0.25, 0.3) is 0 Å². The van der Waals surface area contributed by atoms with Crippen LogP contribution < -0.4 is 4.90 Å². The highest BCUT2D eigenvalue weighted by Crippen LogP contribution is 2.52. The summed E-state index contributed by atoms with van der Waals surface area (Å²) in [5.41, 5.74) is -2.50. The van der Waals surface area contributed by atoms with E-state index in [-0.39, 0.29) is 18.0 Å². The van der Waals surface area contributed by atoms with E-state index in [0.29, 0.717) is 30.4 Å². The molecule has 1 aliphatic carbocycles. The lowest BCUT2D eigenvalue weighted by Crippen LogP contribution is -2.37. The molecule has 1 aliphatic heterocycles. The molecule has 0 N–H and O–H groups in total. The number of hydrogen-bond donors (Lipinski definition) is 0. The molecule has 1 saturated heterocycles. The molecule has 12 heteroatoms. The van der Waals surface area contributed by atoms with Crippen LogP contribution in [0.15, 0.2) is 42.7 Å². The predicted molar refractivity (Wildman–Crippen MR) is 102 cm³/mol. The third-order valence-electron chi connectivity index (χ3n) is 6.22. The summed E-state index contributed by atoms with van der Waals surface area (Å²) in [6.45, 7) is 0. The Morgan fingerprint density at radius 1 is 0.909 bits per heavy atom. The summed E-state index contributed by atoms with van der Waals surface area (Å²) < 4.78 is 95.4. The summed E-state index contributed by atoms with van der Waals surface area (Å²) in [5.74, 6) is -0.559. The van der Waals surface area contributed by atoms with Crippen molar-refractivity contribution in [3.8, 4) is 5.69 Å². The first kappa shape index (κ1) is 21.7. The van der Waals surface area contributed by atoms with Crippen molar-refractivity contribution in [2.75, 3.05) is 4.90 Å². The van der Waals surface area contributed by atoms with Crippen molar-refractivity contribution in [3.05, 3.63) is 65.6 Å². The lowest BCUT2D eigenvalue weighted by molar-refractivity contribution is -0.145. The number of piperidine rings is 1. The van der Waals surface area contributed by atoms with Gasteiger partial charge in [-0.3, -0.25) is 4.57 Å². The van der Waals surface area contributed by atoms with E-state index in [4.69, 9.17) is 0 Å². The lowest BCUT2D eigenvalue weighted by atomic mass is 9.97. The van der Waals surface area contributed by atoms with Crippen molar-refractivity contribution in [2.45, 2.75) is 43.7 Å². The maximum Gasteiger partial charge on any atom is 0.433 e. The molecule has 1 saturated carbocycles. The molecule has 0 unspecified atom stereocenters. The van der Waals surface area contributed by atoms with Crippen LogP contribution in [0.2, 0.25) is 0 Å². The zero-order chi connectivity index (χ0) is 23.5. The summed E-state index contributed by atoms with van der Waals surface area (Å²) in [5, 5.41) is 8.04. The second kappa shape index (κ2) is 7.42. The van der Waals surface area contributed by atoms with Gasteiger partial charge in [0.2, 0.25) is 0 Å². The average molecular weight is 471 g/mol. The number of pyridine rings is 1. The number of hydrogen-bond acceptors (Lipinski definition) is 4. The molecule has 2 aromatic heterocycles. The quantitative estimate of drug-likeness (QED) is 0.469. The van der Waals surface area contributed by atoms with Crippen molar-refractivity contribution < 1.29 is 30.7 Å². The minimum Gasteiger partial charge on any atom is -0.343 e. The standard InChI is InChI=1S/C21H16F7N5/c22-13-2-5-14(6-3-13)32-10-29-31-19(32)18-11-1-4-15(7-11)33(18)17-9-12(20(23,24)25)8-16(30-17)21(26,27)28/h2-3,5-6,8-11,15,18H,1,4,7H2/t11-,15+,18-/m0/s1. The van der Waals surface area contributed by atoms with E-state index in [0.717, 1.165) is 6.42 Å². The minimum absolute atomic E-state index is 0.0217. The number of anilines is 1. The van der Waals surface area contributed by atoms with Crippen molar-refractivity contribution >= 4 is 5.82 Å². The summed E-state index contributed by atoms with van der Waals surface area (Å²) >= 11 is 0. The molecule has 1 aromatic carbocycles. The van der Waals surface area contributed by atoms with Gasteiger partial charge in [-0.1, -0.05) is 0 Å². The van der Waals surface area contributed by atoms with Crippen molar-refractivity contribution in [1.82, 2.24) is 19.7 Å². The first-order valence-corrected chi connectivity index (χ1v) is 10.1. The van der Waals surface area contributed by atoms with Crippen LogP contribution in [0.5, 0.6) is 0 Å². The second-order valence-electron chi connectivity index (χ2n) is 8.21. The van der Waals surface area contributed by atoms with Crippen LogP contribution in [-0.2, 0) is 12.4 Å². The molecule has 3 heterocycles. The molecule has 174 valence electrons. The van der Waals surface area contributed by atoms with Gasteiger partial charge in [-0.25, -0.2) is 9.37 Å². The molecule has 3 atom stereocenters. The van der Waals surface area contributed by atoms with Gasteiger partial charge in [-0.15, -0.1) is 10.2 Å². The fourth-order valence-electron chi connectivity index (χ4n) is 4.85. The topological polar surface area (TPSA) is 46.8 Å². The smallest absolute Gasteiger partial charge is 0.343 e. The predicted octanol–water partition coefficient (Wildman–Crippen LogP) is 5.57. The molecule has 5 rings (SSSR count). The van der Waals surface area contributed by atoms with Crippen LogP contribution in [0, 0.1) is 11.7 Å². The van der Waals surface area contributed by atoms with E-state index in [1.807, 2.05) is 0 Å².